The highest BCUT2D eigenvalue weighted by Gasteiger charge is 2.20. The predicted molar refractivity (Wildman–Crippen MR) is 104 cm³/mol. The van der Waals surface area contributed by atoms with Gasteiger partial charge in [0.15, 0.2) is 0 Å². The van der Waals surface area contributed by atoms with Crippen molar-refractivity contribution in [2.45, 2.75) is 12.5 Å². The highest BCUT2D eigenvalue weighted by Crippen LogP contribution is 2.20. The van der Waals surface area contributed by atoms with E-state index < -0.39 is 0 Å². The number of nitrogens with zero attached hydrogens (tertiary/aromatic N) is 1. The molecule has 6 nitrogen and oxygen atoms in total. The van der Waals surface area contributed by atoms with Crippen LogP contribution in [0.3, 0.4) is 0 Å². The molecule has 4 rings (SSSR count). The van der Waals surface area contributed by atoms with Crippen LogP contribution >= 0.6 is 0 Å². The molecule has 2 heterocycles. The number of aromatic amines is 2. The summed E-state index contributed by atoms with van der Waals surface area (Å²) in [5.41, 5.74) is 3.01. The van der Waals surface area contributed by atoms with Crippen LogP contribution < -0.4 is 10.9 Å². The van der Waals surface area contributed by atoms with Crippen LogP contribution in [0.5, 0.6) is 0 Å². The molecule has 134 valence electrons. The molecule has 0 fully saturated rings. The smallest absolute Gasteiger partial charge is 0.253 e. The van der Waals surface area contributed by atoms with Gasteiger partial charge in [-0.2, -0.15) is 0 Å². The minimum Gasteiger partial charge on any atom is -0.342 e. The van der Waals surface area contributed by atoms with Crippen LogP contribution in [0.4, 0.5) is 0 Å². The van der Waals surface area contributed by atoms with E-state index in [2.05, 4.69) is 20.3 Å². The standard InChI is InChI=1S/C21H18N4O2/c26-19-11-10-15(13-22-19)21(27)25-18(12-14-6-2-1-3-7-14)20-23-16-8-4-5-9-17(16)24-20/h1-11,13,18H,12H2,(H,22,26)(H,23,24)(H,25,27)/t18-/m0/s1. The molecule has 6 heteroatoms. The van der Waals surface area contributed by atoms with Crippen LogP contribution in [-0.2, 0) is 6.42 Å². The Labute approximate surface area is 155 Å². The van der Waals surface area contributed by atoms with Crippen LogP contribution in [0.15, 0.2) is 77.7 Å². The van der Waals surface area contributed by atoms with Gasteiger partial charge in [-0.1, -0.05) is 42.5 Å². The van der Waals surface area contributed by atoms with Gasteiger partial charge in [-0.3, -0.25) is 9.59 Å². The molecule has 0 aliphatic carbocycles. The third-order valence-corrected chi connectivity index (χ3v) is 4.37. The molecule has 0 aliphatic heterocycles. The van der Waals surface area contributed by atoms with Gasteiger partial charge in [-0.25, -0.2) is 4.98 Å². The molecule has 2 aromatic heterocycles. The molecule has 0 saturated carbocycles. The van der Waals surface area contributed by atoms with E-state index in [0.29, 0.717) is 17.8 Å². The molecule has 0 spiro atoms. The number of hydrogen-bond donors (Lipinski definition) is 3. The van der Waals surface area contributed by atoms with E-state index in [1.165, 1.54) is 18.3 Å². The summed E-state index contributed by atoms with van der Waals surface area (Å²) in [6.45, 7) is 0. The summed E-state index contributed by atoms with van der Waals surface area (Å²) >= 11 is 0. The maximum absolute atomic E-state index is 12.7. The zero-order chi connectivity index (χ0) is 18.6. The summed E-state index contributed by atoms with van der Waals surface area (Å²) < 4.78 is 0. The highest BCUT2D eigenvalue weighted by atomic mass is 16.2. The van der Waals surface area contributed by atoms with Crippen molar-refractivity contribution in [2.24, 2.45) is 0 Å². The Morgan fingerprint density at radius 1 is 1.00 bits per heavy atom. The topological polar surface area (TPSA) is 90.6 Å². The Balaban J connectivity index is 1.65. The van der Waals surface area contributed by atoms with E-state index in [0.717, 1.165) is 16.6 Å². The lowest BCUT2D eigenvalue weighted by molar-refractivity contribution is 0.0934. The average molecular weight is 358 g/mol. The largest absolute Gasteiger partial charge is 0.342 e. The van der Waals surface area contributed by atoms with Crippen molar-refractivity contribution in [1.29, 1.82) is 0 Å². The number of nitrogens with one attached hydrogen (secondary N) is 3. The van der Waals surface area contributed by atoms with Crippen molar-refractivity contribution in [3.05, 3.63) is 100 Å². The number of pyridine rings is 1. The second-order valence-corrected chi connectivity index (χ2v) is 6.30. The molecule has 1 amide bonds. The van der Waals surface area contributed by atoms with E-state index in [4.69, 9.17) is 0 Å². The van der Waals surface area contributed by atoms with Crippen molar-refractivity contribution >= 4 is 16.9 Å². The van der Waals surface area contributed by atoms with E-state index in [1.54, 1.807) is 0 Å². The monoisotopic (exact) mass is 358 g/mol. The molecule has 0 unspecified atom stereocenters. The zero-order valence-electron chi connectivity index (χ0n) is 14.5. The van der Waals surface area contributed by atoms with Gasteiger partial charge >= 0.3 is 0 Å². The maximum atomic E-state index is 12.7. The van der Waals surface area contributed by atoms with Gasteiger partial charge < -0.3 is 15.3 Å². The first-order valence-electron chi connectivity index (χ1n) is 8.67. The number of carbonyl (C=O) groups excluding carboxylic acids is 1. The molecule has 3 N–H and O–H groups in total. The third-order valence-electron chi connectivity index (χ3n) is 4.37. The molecule has 0 saturated heterocycles. The number of benzene rings is 2. The van der Waals surface area contributed by atoms with Crippen LogP contribution in [0.25, 0.3) is 11.0 Å². The predicted octanol–water partition coefficient (Wildman–Crippen LogP) is 2.97. The number of para-hydroxylation sites is 2. The quantitative estimate of drug-likeness (QED) is 0.512. The van der Waals surface area contributed by atoms with Gasteiger partial charge in [0.05, 0.1) is 22.6 Å². The second-order valence-electron chi connectivity index (χ2n) is 6.30. The van der Waals surface area contributed by atoms with Gasteiger partial charge in [0, 0.05) is 12.3 Å². The minimum atomic E-state index is -0.334. The number of imidazole rings is 1. The zero-order valence-corrected chi connectivity index (χ0v) is 14.5. The Hall–Kier alpha value is -3.67. The molecule has 1 atom stereocenters. The third kappa shape index (κ3) is 3.79. The number of amides is 1. The molecule has 4 aromatic rings. The van der Waals surface area contributed by atoms with Crippen LogP contribution in [0, 0.1) is 0 Å². The first-order valence-corrected chi connectivity index (χ1v) is 8.67. The lowest BCUT2D eigenvalue weighted by Gasteiger charge is -2.17. The van der Waals surface area contributed by atoms with Gasteiger partial charge in [0.2, 0.25) is 5.56 Å². The van der Waals surface area contributed by atoms with Crippen molar-refractivity contribution in [3.63, 3.8) is 0 Å². The van der Waals surface area contributed by atoms with Crippen molar-refractivity contribution in [3.8, 4) is 0 Å². The SMILES string of the molecule is O=C(N[C@@H](Cc1ccccc1)c1nc2ccccc2[nH]1)c1ccc(=O)[nH]c1. The van der Waals surface area contributed by atoms with E-state index >= 15 is 0 Å². The maximum Gasteiger partial charge on any atom is 0.253 e. The fourth-order valence-electron chi connectivity index (χ4n) is 3.00. The number of rotatable bonds is 5. The first kappa shape index (κ1) is 16.8. The number of carbonyl (C=O) groups is 1. The lowest BCUT2D eigenvalue weighted by Crippen LogP contribution is -2.31. The fourth-order valence-corrected chi connectivity index (χ4v) is 3.00. The first-order chi connectivity index (χ1) is 13.2. The summed E-state index contributed by atoms with van der Waals surface area (Å²) in [6.07, 6.45) is 2.01. The van der Waals surface area contributed by atoms with Gasteiger partial charge in [-0.05, 0) is 30.2 Å². The number of aromatic nitrogens is 3. The molecule has 0 bridgehead atoms. The van der Waals surface area contributed by atoms with Crippen molar-refractivity contribution < 1.29 is 4.79 Å². The van der Waals surface area contributed by atoms with Crippen LogP contribution in [0.1, 0.15) is 27.8 Å². The Morgan fingerprint density at radius 3 is 2.52 bits per heavy atom. The second kappa shape index (κ2) is 7.29. The summed E-state index contributed by atoms with van der Waals surface area (Å²) in [5.74, 6) is 0.422. The lowest BCUT2D eigenvalue weighted by atomic mass is 10.0. The fraction of sp³-hybridized carbons (Fsp3) is 0.0952. The Bertz CT molecular complexity index is 1080. The molecule has 27 heavy (non-hydrogen) atoms. The summed E-state index contributed by atoms with van der Waals surface area (Å²) in [7, 11) is 0. The van der Waals surface area contributed by atoms with Crippen LogP contribution in [-0.4, -0.2) is 20.9 Å². The Kier molecular flexibility index (Phi) is 4.53. The molecule has 0 radical (unpaired) electrons. The van der Waals surface area contributed by atoms with Crippen LogP contribution in [0.2, 0.25) is 0 Å². The number of fused-ring (bicyclic) bond motifs is 1. The van der Waals surface area contributed by atoms with Gasteiger partial charge in [0.1, 0.15) is 5.82 Å². The van der Waals surface area contributed by atoms with E-state index in [9.17, 15) is 9.59 Å². The summed E-state index contributed by atoms with van der Waals surface area (Å²) in [4.78, 5) is 34.4. The molecule has 2 aromatic carbocycles. The molecular formula is C21H18N4O2. The van der Waals surface area contributed by atoms with Crippen molar-refractivity contribution in [1.82, 2.24) is 20.3 Å². The van der Waals surface area contributed by atoms with E-state index in [-0.39, 0.29) is 17.5 Å². The highest BCUT2D eigenvalue weighted by molar-refractivity contribution is 5.94. The number of hydrogen-bond acceptors (Lipinski definition) is 3. The number of H-pyrrole nitrogens is 2. The Morgan fingerprint density at radius 2 is 1.78 bits per heavy atom. The van der Waals surface area contributed by atoms with Crippen molar-refractivity contribution in [2.75, 3.05) is 0 Å². The molecule has 0 aliphatic rings. The van der Waals surface area contributed by atoms with Gasteiger partial charge in [0.25, 0.3) is 5.91 Å². The average Bonchev–Trinajstić information content (AvgIpc) is 3.13. The normalized spacial score (nSPS) is 12.0. The molecular weight excluding hydrogens is 340 g/mol. The summed E-state index contributed by atoms with van der Waals surface area (Å²) in [6, 6.07) is 20.2. The minimum absolute atomic E-state index is 0.246. The van der Waals surface area contributed by atoms with E-state index in [1.807, 2.05) is 54.6 Å². The van der Waals surface area contributed by atoms with Gasteiger partial charge in [-0.15, -0.1) is 0 Å². The summed E-state index contributed by atoms with van der Waals surface area (Å²) in [5, 5.41) is 3.02.